The van der Waals surface area contributed by atoms with Crippen LogP contribution in [0.3, 0.4) is 0 Å². The molecule has 116 valence electrons. The van der Waals surface area contributed by atoms with Crippen LogP contribution in [0.1, 0.15) is 29.6 Å². The normalized spacial score (nSPS) is 19.5. The largest absolute Gasteiger partial charge is 0.334 e. The molecule has 5 nitrogen and oxygen atoms in total. The minimum absolute atomic E-state index is 0.0219. The molecule has 1 atom stereocenters. The van der Waals surface area contributed by atoms with Gasteiger partial charge in [-0.25, -0.2) is 13.1 Å². The van der Waals surface area contributed by atoms with Crippen LogP contribution in [0, 0.1) is 3.57 Å². The Bertz CT molecular complexity index is 601. The number of carbonyl (C=O) groups is 1. The molecule has 1 saturated heterocycles. The molecule has 0 bridgehead atoms. The number of halogens is 1. The second kappa shape index (κ2) is 7.06. The Kier molecular flexibility index (Phi) is 5.61. The first kappa shape index (κ1) is 16.7. The van der Waals surface area contributed by atoms with Crippen LogP contribution < -0.4 is 4.72 Å². The van der Waals surface area contributed by atoms with E-state index in [0.717, 1.165) is 29.1 Å². The Morgan fingerprint density at radius 1 is 1.33 bits per heavy atom. The third-order valence-corrected chi connectivity index (χ3v) is 4.97. The van der Waals surface area contributed by atoms with Crippen LogP contribution >= 0.6 is 22.6 Å². The molecule has 0 aromatic heterocycles. The highest BCUT2D eigenvalue weighted by molar-refractivity contribution is 14.1. The lowest BCUT2D eigenvalue weighted by Gasteiger charge is -2.35. The molecule has 1 amide bonds. The molecule has 7 heteroatoms. The summed E-state index contributed by atoms with van der Waals surface area (Å²) in [6.07, 6.45) is 3.96. The van der Waals surface area contributed by atoms with Crippen LogP contribution in [0.5, 0.6) is 0 Å². The summed E-state index contributed by atoms with van der Waals surface area (Å²) in [5, 5.41) is 0. The van der Waals surface area contributed by atoms with Crippen molar-refractivity contribution in [1.29, 1.82) is 0 Å². The third kappa shape index (κ3) is 4.93. The van der Waals surface area contributed by atoms with Gasteiger partial charge >= 0.3 is 0 Å². The molecule has 1 aliphatic heterocycles. The number of amides is 1. The van der Waals surface area contributed by atoms with Gasteiger partial charge in [0, 0.05) is 28.3 Å². The Morgan fingerprint density at radius 2 is 2.00 bits per heavy atom. The third-order valence-electron chi connectivity index (χ3n) is 3.56. The fourth-order valence-corrected chi connectivity index (χ4v) is 3.34. The predicted octanol–water partition coefficient (Wildman–Crippen LogP) is 1.84. The average molecular weight is 422 g/mol. The monoisotopic (exact) mass is 422 g/mol. The van der Waals surface area contributed by atoms with E-state index in [0.29, 0.717) is 12.1 Å². The second-order valence-corrected chi connectivity index (χ2v) is 8.35. The number of hydrogen-bond acceptors (Lipinski definition) is 3. The van der Waals surface area contributed by atoms with E-state index in [1.165, 1.54) is 0 Å². The molecular weight excluding hydrogens is 403 g/mol. The lowest BCUT2D eigenvalue weighted by Crippen LogP contribution is -2.49. The van der Waals surface area contributed by atoms with E-state index in [9.17, 15) is 13.2 Å². The van der Waals surface area contributed by atoms with Crippen molar-refractivity contribution in [1.82, 2.24) is 9.62 Å². The average Bonchev–Trinajstić information content (AvgIpc) is 2.45. The van der Waals surface area contributed by atoms with Crippen molar-refractivity contribution >= 4 is 38.5 Å². The summed E-state index contributed by atoms with van der Waals surface area (Å²) in [6, 6.07) is 7.38. The van der Waals surface area contributed by atoms with Crippen molar-refractivity contribution < 1.29 is 13.2 Å². The van der Waals surface area contributed by atoms with Gasteiger partial charge in [0.2, 0.25) is 10.0 Å². The van der Waals surface area contributed by atoms with Crippen molar-refractivity contribution in [2.45, 2.75) is 25.3 Å². The van der Waals surface area contributed by atoms with Crippen LogP contribution in [0.25, 0.3) is 0 Å². The summed E-state index contributed by atoms with van der Waals surface area (Å²) in [5.74, 6) is -0.0219. The summed E-state index contributed by atoms with van der Waals surface area (Å²) in [5.41, 5.74) is 0.654. The first-order valence-electron chi connectivity index (χ1n) is 6.88. The minimum atomic E-state index is -3.23. The Hall–Kier alpha value is -0.670. The molecule has 0 unspecified atom stereocenters. The van der Waals surface area contributed by atoms with E-state index < -0.39 is 10.0 Å². The topological polar surface area (TPSA) is 66.5 Å². The number of likely N-dealkylation sites (tertiary alicyclic amines) is 1. The van der Waals surface area contributed by atoms with Crippen molar-refractivity contribution in [2.24, 2.45) is 0 Å². The van der Waals surface area contributed by atoms with E-state index in [4.69, 9.17) is 0 Å². The van der Waals surface area contributed by atoms with Gasteiger partial charge in [0.1, 0.15) is 0 Å². The Labute approximate surface area is 139 Å². The van der Waals surface area contributed by atoms with Crippen LogP contribution in [0.15, 0.2) is 24.3 Å². The van der Waals surface area contributed by atoms with E-state index >= 15 is 0 Å². The Morgan fingerprint density at radius 3 is 2.62 bits per heavy atom. The highest BCUT2D eigenvalue weighted by atomic mass is 127. The maximum Gasteiger partial charge on any atom is 0.254 e. The van der Waals surface area contributed by atoms with Gasteiger partial charge in [-0.2, -0.15) is 0 Å². The van der Waals surface area contributed by atoms with Crippen molar-refractivity contribution in [3.05, 3.63) is 33.4 Å². The number of nitrogens with zero attached hydrogens (tertiary/aromatic N) is 1. The molecule has 2 rings (SSSR count). The molecule has 0 spiro atoms. The van der Waals surface area contributed by atoms with E-state index in [-0.39, 0.29) is 18.5 Å². The maximum atomic E-state index is 12.6. The lowest BCUT2D eigenvalue weighted by atomic mass is 10.0. The fraction of sp³-hybridized carbons (Fsp3) is 0.500. The molecule has 1 aromatic carbocycles. The number of rotatable bonds is 4. The summed E-state index contributed by atoms with van der Waals surface area (Å²) >= 11 is 2.20. The zero-order chi connectivity index (χ0) is 15.5. The maximum absolute atomic E-state index is 12.6. The van der Waals surface area contributed by atoms with Gasteiger partial charge in [0.25, 0.3) is 5.91 Å². The molecule has 0 aliphatic carbocycles. The van der Waals surface area contributed by atoms with Gasteiger partial charge in [-0.1, -0.05) is 0 Å². The highest BCUT2D eigenvalue weighted by Crippen LogP contribution is 2.20. The second-order valence-electron chi connectivity index (χ2n) is 5.28. The lowest BCUT2D eigenvalue weighted by molar-refractivity contribution is 0.0619. The smallest absolute Gasteiger partial charge is 0.254 e. The summed E-state index contributed by atoms with van der Waals surface area (Å²) < 4.78 is 26.1. The number of nitrogens with one attached hydrogen (secondary N) is 1. The number of benzene rings is 1. The quantitative estimate of drug-likeness (QED) is 0.754. The van der Waals surface area contributed by atoms with Gasteiger partial charge < -0.3 is 4.90 Å². The zero-order valence-corrected chi connectivity index (χ0v) is 14.9. The molecule has 1 N–H and O–H groups in total. The molecule has 1 fully saturated rings. The molecule has 21 heavy (non-hydrogen) atoms. The molecule has 0 radical (unpaired) electrons. The summed E-state index contributed by atoms with van der Waals surface area (Å²) in [6.45, 7) is 0.968. The highest BCUT2D eigenvalue weighted by Gasteiger charge is 2.27. The van der Waals surface area contributed by atoms with Crippen molar-refractivity contribution in [3.8, 4) is 0 Å². The van der Waals surface area contributed by atoms with Gasteiger partial charge in [0.15, 0.2) is 0 Å². The van der Waals surface area contributed by atoms with Crippen LogP contribution in [-0.2, 0) is 10.0 Å². The summed E-state index contributed by atoms with van der Waals surface area (Å²) in [4.78, 5) is 14.4. The number of piperidine rings is 1. The molecule has 0 saturated carbocycles. The fourth-order valence-electron chi connectivity index (χ4n) is 2.49. The van der Waals surface area contributed by atoms with E-state index in [2.05, 4.69) is 27.3 Å². The van der Waals surface area contributed by atoms with E-state index in [1.54, 1.807) is 4.90 Å². The zero-order valence-electron chi connectivity index (χ0n) is 11.9. The van der Waals surface area contributed by atoms with Crippen LogP contribution in [0.4, 0.5) is 0 Å². The predicted molar refractivity (Wildman–Crippen MR) is 90.7 cm³/mol. The number of hydrogen-bond donors (Lipinski definition) is 1. The molecular formula is C14H19IN2O3S. The number of sulfonamides is 1. The van der Waals surface area contributed by atoms with Gasteiger partial charge in [-0.15, -0.1) is 0 Å². The van der Waals surface area contributed by atoms with Crippen LogP contribution in [-0.4, -0.2) is 44.6 Å². The standard InChI is InChI=1S/C14H19IN2O3S/c1-21(19,20)16-10-13-4-2-3-9-17(13)14(18)11-5-7-12(15)8-6-11/h5-8,13,16H,2-4,9-10H2,1H3/t13-/m1/s1. The van der Waals surface area contributed by atoms with Crippen molar-refractivity contribution in [2.75, 3.05) is 19.3 Å². The van der Waals surface area contributed by atoms with Crippen LogP contribution in [0.2, 0.25) is 0 Å². The first-order valence-corrected chi connectivity index (χ1v) is 9.85. The Balaban J connectivity index is 2.10. The SMILES string of the molecule is CS(=O)(=O)NC[C@H]1CCCCN1C(=O)c1ccc(I)cc1. The van der Waals surface area contributed by atoms with Gasteiger partial charge in [-0.05, 0) is 66.1 Å². The molecule has 1 aliphatic rings. The summed E-state index contributed by atoms with van der Waals surface area (Å²) in [7, 11) is -3.23. The molecule has 1 heterocycles. The van der Waals surface area contributed by atoms with Crippen molar-refractivity contribution in [3.63, 3.8) is 0 Å². The van der Waals surface area contributed by atoms with Gasteiger partial charge in [0.05, 0.1) is 6.26 Å². The number of carbonyl (C=O) groups excluding carboxylic acids is 1. The molecule has 1 aromatic rings. The van der Waals surface area contributed by atoms with E-state index in [1.807, 2.05) is 24.3 Å². The first-order chi connectivity index (χ1) is 9.87. The van der Waals surface area contributed by atoms with Gasteiger partial charge in [-0.3, -0.25) is 4.79 Å². The minimum Gasteiger partial charge on any atom is -0.334 e.